The first-order chi connectivity index (χ1) is 15.3. The quantitative estimate of drug-likeness (QED) is 0.723. The van der Waals surface area contributed by atoms with E-state index < -0.39 is 9.84 Å². The zero-order valence-corrected chi connectivity index (χ0v) is 19.5. The van der Waals surface area contributed by atoms with Gasteiger partial charge in [0.25, 0.3) is 0 Å². The Bertz CT molecular complexity index is 1240. The maximum Gasteiger partial charge on any atom is 0.153 e. The summed E-state index contributed by atoms with van der Waals surface area (Å²) in [6.07, 6.45) is 10.6. The van der Waals surface area contributed by atoms with Crippen molar-refractivity contribution in [1.82, 2.24) is 19.4 Å². The van der Waals surface area contributed by atoms with Gasteiger partial charge >= 0.3 is 0 Å². The molecule has 0 aromatic carbocycles. The molecule has 0 saturated carbocycles. The number of hydrogen-bond donors (Lipinski definition) is 1. The van der Waals surface area contributed by atoms with Gasteiger partial charge in [-0.2, -0.15) is 5.01 Å². The van der Waals surface area contributed by atoms with Crippen LogP contribution in [0.25, 0.3) is 5.52 Å². The number of hydrogen-bond acceptors (Lipinski definition) is 8. The maximum absolute atomic E-state index is 12.1. The van der Waals surface area contributed by atoms with E-state index in [4.69, 9.17) is 17.3 Å². The van der Waals surface area contributed by atoms with Gasteiger partial charge in [0.1, 0.15) is 18.0 Å². The molecule has 2 unspecified atom stereocenters. The largest absolute Gasteiger partial charge is 0.355 e. The highest BCUT2D eigenvalue weighted by Crippen LogP contribution is 2.42. The molecule has 0 bridgehead atoms. The molecule has 2 atom stereocenters. The number of halogens is 1. The minimum Gasteiger partial charge on any atom is -0.355 e. The summed E-state index contributed by atoms with van der Waals surface area (Å²) in [4.78, 5) is 10.9. The molecule has 3 aliphatic rings. The number of rotatable bonds is 4. The van der Waals surface area contributed by atoms with Gasteiger partial charge in [-0.3, -0.25) is 9.41 Å². The van der Waals surface area contributed by atoms with Gasteiger partial charge in [0.15, 0.2) is 9.84 Å². The second-order valence-corrected chi connectivity index (χ2v) is 11.3. The van der Waals surface area contributed by atoms with E-state index in [1.165, 1.54) is 0 Å². The molecular weight excluding hydrogens is 450 g/mol. The van der Waals surface area contributed by atoms with Crippen LogP contribution in [0.4, 0.5) is 5.82 Å². The summed E-state index contributed by atoms with van der Waals surface area (Å²) in [5, 5.41) is 4.67. The Balaban J connectivity index is 1.66. The fourth-order valence-corrected chi connectivity index (χ4v) is 6.18. The molecule has 0 radical (unpaired) electrons. The summed E-state index contributed by atoms with van der Waals surface area (Å²) >= 11 is 6.70. The van der Waals surface area contributed by atoms with Crippen LogP contribution in [-0.4, -0.2) is 64.8 Å². The Labute approximate surface area is 192 Å². The lowest BCUT2D eigenvalue weighted by Gasteiger charge is -2.42. The molecule has 9 nitrogen and oxygen atoms in total. The third-order valence-electron chi connectivity index (χ3n) is 6.16. The lowest BCUT2D eigenvalue weighted by molar-refractivity contribution is -0.0179. The van der Waals surface area contributed by atoms with Crippen LogP contribution in [0, 0.1) is 5.92 Å². The first-order valence-electron chi connectivity index (χ1n) is 10.6. The van der Waals surface area contributed by atoms with Crippen LogP contribution in [0.1, 0.15) is 25.5 Å². The number of nitrogens with zero attached hydrogens (tertiary/aromatic N) is 6. The Morgan fingerprint density at radius 3 is 2.72 bits per heavy atom. The van der Waals surface area contributed by atoms with Crippen LogP contribution >= 0.6 is 11.6 Å². The zero-order chi connectivity index (χ0) is 22.6. The molecule has 32 heavy (non-hydrogen) atoms. The topological polar surface area (TPSA) is 99.5 Å². The first-order valence-corrected chi connectivity index (χ1v) is 12.8. The lowest BCUT2D eigenvalue weighted by Crippen LogP contribution is -2.49. The van der Waals surface area contributed by atoms with Crippen LogP contribution in [-0.2, 0) is 9.84 Å². The van der Waals surface area contributed by atoms with Gasteiger partial charge in [-0.25, -0.2) is 18.4 Å². The van der Waals surface area contributed by atoms with Crippen LogP contribution in [0.2, 0.25) is 5.02 Å². The summed E-state index contributed by atoms with van der Waals surface area (Å²) < 4.78 is 26.2. The number of nitrogens with two attached hydrogens (primary N) is 1. The molecule has 0 spiro atoms. The third kappa shape index (κ3) is 3.51. The van der Waals surface area contributed by atoms with Gasteiger partial charge in [0.05, 0.1) is 40.4 Å². The summed E-state index contributed by atoms with van der Waals surface area (Å²) in [6, 6.07) is 1.83. The van der Waals surface area contributed by atoms with Crippen molar-refractivity contribution in [2.45, 2.75) is 26.1 Å². The highest BCUT2D eigenvalue weighted by molar-refractivity contribution is 7.91. The number of hydrazine groups is 1. The van der Waals surface area contributed by atoms with E-state index in [-0.39, 0.29) is 29.6 Å². The van der Waals surface area contributed by atoms with Crippen molar-refractivity contribution < 1.29 is 8.42 Å². The maximum atomic E-state index is 12.1. The minimum absolute atomic E-state index is 0.121. The lowest BCUT2D eigenvalue weighted by atomic mass is 9.94. The van der Waals surface area contributed by atoms with Gasteiger partial charge in [-0.1, -0.05) is 25.4 Å². The Kier molecular flexibility index (Phi) is 5.28. The standard InChI is InChI=1S/C21H26ClN7O2S/c1-14(2)20(29-18(23)11-19-25-4-3-5-28(19)29)15-10-16(22)17-12-24-13-27(17)21(15)26-6-8-32(30,31)9-7-26/h3-5,10-14,18,20H,6-9,23H2,1-2H3. The number of anilines is 1. The van der Waals surface area contributed by atoms with Crippen molar-refractivity contribution in [3.63, 3.8) is 0 Å². The zero-order valence-electron chi connectivity index (χ0n) is 18.0. The van der Waals surface area contributed by atoms with E-state index in [0.29, 0.717) is 18.1 Å². The minimum atomic E-state index is -3.03. The first kappa shape index (κ1) is 21.4. The number of allylic oxidation sites excluding steroid dienone is 1. The van der Waals surface area contributed by atoms with E-state index in [1.807, 2.05) is 33.8 Å². The summed E-state index contributed by atoms with van der Waals surface area (Å²) in [5.41, 5.74) is 8.32. The molecule has 0 amide bonds. The Morgan fingerprint density at radius 1 is 1.25 bits per heavy atom. The molecule has 1 fully saturated rings. The van der Waals surface area contributed by atoms with Crippen molar-refractivity contribution in [3.05, 3.63) is 53.3 Å². The van der Waals surface area contributed by atoms with Gasteiger partial charge in [0.2, 0.25) is 0 Å². The molecule has 2 aromatic rings. The van der Waals surface area contributed by atoms with Gasteiger partial charge in [0, 0.05) is 31.1 Å². The Hall–Kier alpha value is -2.40. The molecular formula is C21H26ClN7O2S. The van der Waals surface area contributed by atoms with E-state index in [0.717, 1.165) is 22.7 Å². The number of pyridine rings is 1. The summed E-state index contributed by atoms with van der Waals surface area (Å²) in [7, 11) is -3.03. The fraction of sp³-hybridized carbons (Fsp3) is 0.429. The monoisotopic (exact) mass is 475 g/mol. The molecule has 2 N–H and O–H groups in total. The van der Waals surface area contributed by atoms with E-state index >= 15 is 0 Å². The van der Waals surface area contributed by atoms with Gasteiger partial charge in [-0.15, -0.1) is 0 Å². The van der Waals surface area contributed by atoms with Crippen LogP contribution in [0.5, 0.6) is 0 Å². The summed E-state index contributed by atoms with van der Waals surface area (Å²) in [5.74, 6) is 2.09. The molecule has 2 aromatic heterocycles. The number of sulfone groups is 1. The molecule has 0 aliphatic carbocycles. The van der Waals surface area contributed by atoms with E-state index in [1.54, 1.807) is 18.7 Å². The molecule has 1 saturated heterocycles. The number of aliphatic imine (C=N–C) groups is 1. The Morgan fingerprint density at radius 2 is 2.00 bits per heavy atom. The van der Waals surface area contributed by atoms with Crippen molar-refractivity contribution >= 4 is 39.0 Å². The second kappa shape index (κ2) is 7.87. The van der Waals surface area contributed by atoms with Crippen LogP contribution < -0.4 is 10.6 Å². The second-order valence-electron chi connectivity index (χ2n) is 8.61. The van der Waals surface area contributed by atoms with Gasteiger partial charge in [-0.05, 0) is 24.1 Å². The van der Waals surface area contributed by atoms with Gasteiger partial charge < -0.3 is 10.6 Å². The average Bonchev–Trinajstić information content (AvgIpc) is 3.34. The van der Waals surface area contributed by atoms with Crippen LogP contribution in [0.15, 0.2) is 47.8 Å². The van der Waals surface area contributed by atoms with Crippen molar-refractivity contribution in [2.75, 3.05) is 29.5 Å². The highest BCUT2D eigenvalue weighted by Gasteiger charge is 2.40. The summed E-state index contributed by atoms with van der Waals surface area (Å²) in [6.45, 7) is 5.11. The predicted octanol–water partition coefficient (Wildman–Crippen LogP) is 2.18. The average molecular weight is 476 g/mol. The highest BCUT2D eigenvalue weighted by atomic mass is 35.5. The van der Waals surface area contributed by atoms with E-state index in [2.05, 4.69) is 33.7 Å². The molecule has 170 valence electrons. The third-order valence-corrected chi connectivity index (χ3v) is 8.07. The SMILES string of the molecule is CC(C)C(c1cc(Cl)c2cncn2c1N1CCS(=O)(=O)CC1)N1C(N)C=C2N=CC=CN21. The number of aromatic nitrogens is 2. The molecule has 5 heterocycles. The van der Waals surface area contributed by atoms with E-state index in [9.17, 15) is 8.42 Å². The number of imidazole rings is 1. The number of fused-ring (bicyclic) bond motifs is 2. The van der Waals surface area contributed by atoms with Crippen molar-refractivity contribution in [1.29, 1.82) is 0 Å². The predicted molar refractivity (Wildman–Crippen MR) is 126 cm³/mol. The normalized spacial score (nSPS) is 23.8. The van der Waals surface area contributed by atoms with Crippen molar-refractivity contribution in [3.8, 4) is 0 Å². The van der Waals surface area contributed by atoms with Crippen LogP contribution in [0.3, 0.4) is 0 Å². The molecule has 11 heteroatoms. The van der Waals surface area contributed by atoms with Crippen molar-refractivity contribution in [2.24, 2.45) is 16.6 Å². The smallest absolute Gasteiger partial charge is 0.153 e. The molecule has 5 rings (SSSR count). The molecule has 3 aliphatic heterocycles. The fourth-order valence-electron chi connectivity index (χ4n) is 4.72.